The van der Waals surface area contributed by atoms with Gasteiger partial charge in [0.2, 0.25) is 0 Å². The number of alkyl halides is 2. The first-order valence-corrected chi connectivity index (χ1v) is 12.8. The van der Waals surface area contributed by atoms with E-state index in [4.69, 9.17) is 27.9 Å². The van der Waals surface area contributed by atoms with Crippen LogP contribution < -0.4 is 19.5 Å². The highest BCUT2D eigenvalue weighted by Gasteiger charge is 2.24. The van der Waals surface area contributed by atoms with E-state index < -0.39 is 12.7 Å². The summed E-state index contributed by atoms with van der Waals surface area (Å²) < 4.78 is 35.7. The van der Waals surface area contributed by atoms with Gasteiger partial charge in [0.05, 0.1) is 12.7 Å². The highest BCUT2D eigenvalue weighted by molar-refractivity contribution is 8.00. The third kappa shape index (κ3) is 9.39. The Morgan fingerprint density at radius 1 is 1.28 bits per heavy atom. The molecule has 0 spiro atoms. The maximum atomic E-state index is 12.6. The molecule has 1 saturated heterocycles. The molecule has 2 heterocycles. The third-order valence-corrected chi connectivity index (χ3v) is 7.20. The molecule has 2 N–H and O–H groups in total. The van der Waals surface area contributed by atoms with Crippen molar-refractivity contribution in [2.75, 3.05) is 18.9 Å². The van der Waals surface area contributed by atoms with E-state index in [1.165, 1.54) is 18.2 Å². The predicted molar refractivity (Wildman–Crippen MR) is 138 cm³/mol. The smallest absolute Gasteiger partial charge is 0.387 e. The number of rotatable bonds is 9. The average molecular weight is 588 g/mol. The summed E-state index contributed by atoms with van der Waals surface area (Å²) >= 11 is 13.7. The molecule has 2 aromatic rings. The number of Topliss-reactive ketones (excluding diaryl/α,β-unsaturated/α-hetero) is 1. The Kier molecular flexibility index (Phi) is 12.3. The topological polar surface area (TPSA) is 94.7 Å². The number of thioether (sulfide) groups is 1. The maximum absolute atomic E-state index is 12.6. The van der Waals surface area contributed by atoms with E-state index in [1.54, 1.807) is 18.7 Å². The lowest BCUT2D eigenvalue weighted by Gasteiger charge is -2.17. The number of benzene rings is 1. The summed E-state index contributed by atoms with van der Waals surface area (Å²) in [5.74, 6) is 1.78. The minimum absolute atomic E-state index is 0. The number of ether oxygens (including phenoxy) is 2. The van der Waals surface area contributed by atoms with Crippen molar-refractivity contribution in [3.05, 3.63) is 57.0 Å². The lowest BCUT2D eigenvalue weighted by atomic mass is 10.0. The van der Waals surface area contributed by atoms with Crippen LogP contribution in [0, 0.1) is 11.1 Å². The van der Waals surface area contributed by atoms with Crippen molar-refractivity contribution in [1.29, 1.82) is 0 Å². The monoisotopic (exact) mass is 586 g/mol. The van der Waals surface area contributed by atoms with Gasteiger partial charge in [0.15, 0.2) is 29.7 Å². The van der Waals surface area contributed by atoms with Gasteiger partial charge in [0.25, 0.3) is 0 Å². The molecule has 2 aliphatic rings. The zero-order valence-electron chi connectivity index (χ0n) is 19.3. The van der Waals surface area contributed by atoms with Gasteiger partial charge in [0, 0.05) is 24.3 Å². The van der Waals surface area contributed by atoms with E-state index in [0.717, 1.165) is 37.5 Å². The SMILES string of the molecule is CC(=O)[C@H]1NCCS1.Cl.[O-][n+]1cc(Cl)c(C[C@H](O)c2ccc(OC(F)F)c(OCC3CC3)c2)c(Cl)c1. The lowest BCUT2D eigenvalue weighted by Crippen LogP contribution is -2.26. The van der Waals surface area contributed by atoms with Crippen LogP contribution in [0.3, 0.4) is 0 Å². The van der Waals surface area contributed by atoms with Crippen molar-refractivity contribution in [3.8, 4) is 11.5 Å². The first kappa shape index (κ1) is 30.7. The Morgan fingerprint density at radius 3 is 2.44 bits per heavy atom. The molecule has 4 rings (SSSR count). The molecule has 0 radical (unpaired) electrons. The number of aliphatic hydroxyl groups is 1. The summed E-state index contributed by atoms with van der Waals surface area (Å²) in [6.07, 6.45) is 3.36. The van der Waals surface area contributed by atoms with Gasteiger partial charge in [-0.15, -0.1) is 24.2 Å². The van der Waals surface area contributed by atoms with Crippen molar-refractivity contribution in [2.45, 2.75) is 44.3 Å². The normalized spacial score (nSPS) is 17.6. The Bertz CT molecular complexity index is 1000. The Balaban J connectivity index is 0.000000433. The minimum atomic E-state index is -2.98. The Labute approximate surface area is 228 Å². The number of hydrogen-bond acceptors (Lipinski definition) is 7. The second kappa shape index (κ2) is 14.4. The van der Waals surface area contributed by atoms with Crippen LogP contribution in [0.2, 0.25) is 10.0 Å². The molecule has 1 aromatic carbocycles. The first-order chi connectivity index (χ1) is 16.6. The van der Waals surface area contributed by atoms with E-state index in [9.17, 15) is 23.9 Å². The lowest BCUT2D eigenvalue weighted by molar-refractivity contribution is -0.605. The number of halogens is 5. The van der Waals surface area contributed by atoms with E-state index >= 15 is 0 Å². The number of aliphatic hydroxyl groups excluding tert-OH is 1. The number of carbonyl (C=O) groups excluding carboxylic acids is 1. The molecule has 0 unspecified atom stereocenters. The molecule has 1 aliphatic carbocycles. The number of carbonyl (C=O) groups is 1. The van der Waals surface area contributed by atoms with Crippen molar-refractivity contribution in [1.82, 2.24) is 5.32 Å². The van der Waals surface area contributed by atoms with Crippen LogP contribution in [0.15, 0.2) is 30.6 Å². The third-order valence-electron chi connectivity index (χ3n) is 5.28. The number of nitrogens with zero attached hydrogens (tertiary/aromatic N) is 1. The molecule has 2 fully saturated rings. The van der Waals surface area contributed by atoms with Crippen molar-refractivity contribution in [2.24, 2.45) is 5.92 Å². The molecule has 0 bridgehead atoms. The summed E-state index contributed by atoms with van der Waals surface area (Å²) in [6.45, 7) is 0.0222. The van der Waals surface area contributed by atoms with Gasteiger partial charge >= 0.3 is 6.61 Å². The van der Waals surface area contributed by atoms with Crippen LogP contribution in [0.5, 0.6) is 11.5 Å². The van der Waals surface area contributed by atoms with Gasteiger partial charge < -0.3 is 19.8 Å². The zero-order chi connectivity index (χ0) is 25.5. The van der Waals surface area contributed by atoms with Gasteiger partial charge in [-0.05, 0) is 43.4 Å². The largest absolute Gasteiger partial charge is 0.619 e. The highest BCUT2D eigenvalue weighted by atomic mass is 35.5. The standard InChI is InChI=1S/C18H17Cl2F2NO4.C5H9NOS.ClH/c19-13-7-23(25)8-14(20)12(13)6-15(24)11-3-4-16(27-18(21)22)17(5-11)26-9-10-1-2-10;1-4(7)5-6-2-3-8-5;/h3-5,7-8,10,15,18,24H,1-2,6,9H2;5-6H,2-3H2,1H3;1H/t15-;5-;/m00./s1. The van der Waals surface area contributed by atoms with Crippen molar-refractivity contribution >= 4 is 53.2 Å². The first-order valence-electron chi connectivity index (χ1n) is 11.0. The van der Waals surface area contributed by atoms with Crippen LogP contribution >= 0.6 is 47.4 Å². The van der Waals surface area contributed by atoms with Gasteiger partial charge in [0.1, 0.15) is 15.4 Å². The second-order valence-corrected chi connectivity index (χ2v) is 10.2. The molecule has 1 aliphatic heterocycles. The van der Waals surface area contributed by atoms with E-state index in [0.29, 0.717) is 28.4 Å². The van der Waals surface area contributed by atoms with Gasteiger partial charge in [-0.2, -0.15) is 13.5 Å². The molecule has 36 heavy (non-hydrogen) atoms. The number of pyridine rings is 1. The van der Waals surface area contributed by atoms with E-state index in [1.807, 2.05) is 0 Å². The highest BCUT2D eigenvalue weighted by Crippen LogP contribution is 2.36. The molecule has 7 nitrogen and oxygen atoms in total. The molecule has 200 valence electrons. The molecule has 1 saturated carbocycles. The predicted octanol–water partition coefficient (Wildman–Crippen LogP) is 4.95. The molecule has 1 aromatic heterocycles. The summed E-state index contributed by atoms with van der Waals surface area (Å²) in [6, 6.07) is 4.25. The van der Waals surface area contributed by atoms with Gasteiger partial charge in [-0.3, -0.25) is 10.1 Å². The molecule has 0 amide bonds. The number of ketones is 1. The van der Waals surface area contributed by atoms with Gasteiger partial charge in [-0.25, -0.2) is 0 Å². The fourth-order valence-electron chi connectivity index (χ4n) is 3.25. The van der Waals surface area contributed by atoms with Crippen LogP contribution in [0.4, 0.5) is 8.78 Å². The maximum Gasteiger partial charge on any atom is 0.387 e. The molecular formula is C23H27Cl3F2N2O5S. The summed E-state index contributed by atoms with van der Waals surface area (Å²) in [7, 11) is 0. The number of nitrogens with one attached hydrogen (secondary N) is 1. The fourth-order valence-corrected chi connectivity index (χ4v) is 4.79. The van der Waals surface area contributed by atoms with Crippen LogP contribution in [-0.2, 0) is 11.2 Å². The Morgan fingerprint density at radius 2 is 1.94 bits per heavy atom. The summed E-state index contributed by atoms with van der Waals surface area (Å²) in [5.41, 5.74) is 0.833. The number of hydrogen-bond donors (Lipinski definition) is 2. The summed E-state index contributed by atoms with van der Waals surface area (Å²) in [4.78, 5) is 10.6. The van der Waals surface area contributed by atoms with Crippen LogP contribution in [0.25, 0.3) is 0 Å². The van der Waals surface area contributed by atoms with E-state index in [-0.39, 0.29) is 51.5 Å². The molecule has 2 atom stereocenters. The molecular weight excluding hydrogens is 561 g/mol. The van der Waals surface area contributed by atoms with Crippen LogP contribution in [0.1, 0.15) is 37.0 Å². The van der Waals surface area contributed by atoms with E-state index in [2.05, 4.69) is 10.1 Å². The van der Waals surface area contributed by atoms with Crippen molar-refractivity contribution in [3.63, 3.8) is 0 Å². The fraction of sp³-hybridized carbons (Fsp3) is 0.478. The Hall–Kier alpha value is -1.56. The van der Waals surface area contributed by atoms with Crippen molar-refractivity contribution < 1.29 is 32.9 Å². The molecule has 13 heteroatoms. The zero-order valence-corrected chi connectivity index (χ0v) is 22.4. The second-order valence-electron chi connectivity index (χ2n) is 8.17. The average Bonchev–Trinajstić information content (AvgIpc) is 3.44. The quantitative estimate of drug-likeness (QED) is 0.317. The minimum Gasteiger partial charge on any atom is -0.619 e. The summed E-state index contributed by atoms with van der Waals surface area (Å²) in [5, 5.41) is 25.3. The van der Waals surface area contributed by atoms with Gasteiger partial charge in [-0.1, -0.05) is 29.3 Å². The number of aromatic nitrogens is 1. The van der Waals surface area contributed by atoms with Crippen LogP contribution in [-0.4, -0.2) is 41.8 Å².